The van der Waals surface area contributed by atoms with E-state index in [1.807, 2.05) is 72.8 Å². The van der Waals surface area contributed by atoms with Gasteiger partial charge in [-0.3, -0.25) is 14.8 Å². The molecule has 1 saturated heterocycles. The van der Waals surface area contributed by atoms with E-state index in [1.54, 1.807) is 17.2 Å². The lowest BCUT2D eigenvalue weighted by molar-refractivity contribution is -0.245. The molecule has 0 radical (unpaired) electrons. The van der Waals surface area contributed by atoms with Crippen LogP contribution >= 0.6 is 11.8 Å². The Labute approximate surface area is 256 Å². The number of nitrogens with one attached hydrogen (secondary N) is 2. The molecule has 230 valence electrons. The fourth-order valence-electron chi connectivity index (χ4n) is 4.99. The molecule has 1 fully saturated rings. The Hall–Kier alpha value is -3.25. The van der Waals surface area contributed by atoms with Crippen molar-refractivity contribution in [3.8, 4) is 11.1 Å². The number of thioether (sulfide) groups is 1. The molecule has 0 unspecified atom stereocenters. The SMILES string of the molecule is O=C(CCCCC(=O)NCc1ccccc1-c1ccc([C@H]2O[C@@H](CSCCO)C[C@@H](c3ccc(CO)cc3)O2)cc1)NO. The molecule has 9 nitrogen and oxygen atoms in total. The zero-order valence-electron chi connectivity index (χ0n) is 24.1. The zero-order chi connectivity index (χ0) is 30.4. The minimum absolute atomic E-state index is 0.00674. The number of benzene rings is 3. The van der Waals surface area contributed by atoms with Gasteiger partial charge in [-0.2, -0.15) is 11.8 Å². The maximum Gasteiger partial charge on any atom is 0.243 e. The standard InChI is InChI=1S/C33H40N2O7S/c36-17-18-43-22-28-19-30(25-11-9-23(21-37)10-12-25)42-33(41-28)26-15-13-24(14-16-26)29-6-2-1-5-27(29)20-34-31(38)7-3-4-8-32(39)35-40/h1-2,5-6,9-16,28,30,33,36-37,40H,3-4,7-8,17-22H2,(H,34,38)(H,35,39)/t28-,30+,33+/m1/s1. The molecule has 0 aliphatic carbocycles. The second-order valence-corrected chi connectivity index (χ2v) is 11.6. The van der Waals surface area contributed by atoms with Crippen LogP contribution in [-0.4, -0.2) is 51.5 Å². The van der Waals surface area contributed by atoms with Crippen LogP contribution in [0.5, 0.6) is 0 Å². The molecule has 1 aliphatic rings. The van der Waals surface area contributed by atoms with Gasteiger partial charge in [0.1, 0.15) is 0 Å². The van der Waals surface area contributed by atoms with E-state index in [1.165, 1.54) is 0 Å². The minimum Gasteiger partial charge on any atom is -0.396 e. The van der Waals surface area contributed by atoms with Crippen LogP contribution in [0.3, 0.4) is 0 Å². The predicted octanol–water partition coefficient (Wildman–Crippen LogP) is 4.80. The smallest absolute Gasteiger partial charge is 0.243 e. The third kappa shape index (κ3) is 9.89. The van der Waals surface area contributed by atoms with Crippen LogP contribution in [0.4, 0.5) is 0 Å². The molecule has 4 rings (SSSR count). The molecule has 10 heteroatoms. The first-order valence-electron chi connectivity index (χ1n) is 14.6. The van der Waals surface area contributed by atoms with Crippen molar-refractivity contribution in [1.82, 2.24) is 10.8 Å². The van der Waals surface area contributed by atoms with Crippen molar-refractivity contribution >= 4 is 23.6 Å². The summed E-state index contributed by atoms with van der Waals surface area (Å²) in [6.07, 6.45) is 1.51. The quantitative estimate of drug-likeness (QED) is 0.0943. The molecular formula is C33H40N2O7S. The van der Waals surface area contributed by atoms with Gasteiger partial charge in [-0.25, -0.2) is 5.48 Å². The van der Waals surface area contributed by atoms with E-state index in [0.29, 0.717) is 38.0 Å². The fourth-order valence-corrected chi connectivity index (χ4v) is 5.76. The summed E-state index contributed by atoms with van der Waals surface area (Å²) in [5.41, 5.74) is 7.39. The van der Waals surface area contributed by atoms with Crippen molar-refractivity contribution in [3.63, 3.8) is 0 Å². The van der Waals surface area contributed by atoms with Gasteiger partial charge in [-0.1, -0.05) is 72.8 Å². The summed E-state index contributed by atoms with van der Waals surface area (Å²) in [6, 6.07) is 23.8. The van der Waals surface area contributed by atoms with Crippen molar-refractivity contribution < 1.29 is 34.5 Å². The first-order valence-corrected chi connectivity index (χ1v) is 15.7. The highest BCUT2D eigenvalue weighted by Gasteiger charge is 2.32. The van der Waals surface area contributed by atoms with E-state index >= 15 is 0 Å². The molecule has 0 bridgehead atoms. The van der Waals surface area contributed by atoms with Crippen molar-refractivity contribution in [3.05, 3.63) is 95.1 Å². The number of hydroxylamine groups is 1. The van der Waals surface area contributed by atoms with Gasteiger partial charge in [0, 0.05) is 42.9 Å². The van der Waals surface area contributed by atoms with Gasteiger partial charge >= 0.3 is 0 Å². The summed E-state index contributed by atoms with van der Waals surface area (Å²) in [6.45, 7) is 0.501. The molecule has 3 aromatic rings. The van der Waals surface area contributed by atoms with Crippen molar-refractivity contribution in [1.29, 1.82) is 0 Å². The third-order valence-electron chi connectivity index (χ3n) is 7.32. The Morgan fingerprint density at radius 3 is 2.26 bits per heavy atom. The Kier molecular flexibility index (Phi) is 13.0. The maximum absolute atomic E-state index is 12.4. The molecule has 43 heavy (non-hydrogen) atoms. The van der Waals surface area contributed by atoms with E-state index in [2.05, 4.69) is 5.32 Å². The average Bonchev–Trinajstić information content (AvgIpc) is 3.06. The Balaban J connectivity index is 1.41. The number of ether oxygens (including phenoxy) is 2. The highest BCUT2D eigenvalue weighted by atomic mass is 32.2. The Bertz CT molecular complexity index is 1300. The topological polar surface area (TPSA) is 137 Å². The van der Waals surface area contributed by atoms with Gasteiger partial charge in [-0.15, -0.1) is 0 Å². The summed E-state index contributed by atoms with van der Waals surface area (Å²) < 4.78 is 12.8. The van der Waals surface area contributed by atoms with E-state index in [4.69, 9.17) is 14.7 Å². The van der Waals surface area contributed by atoms with E-state index in [-0.39, 0.29) is 37.7 Å². The highest BCUT2D eigenvalue weighted by molar-refractivity contribution is 7.99. The highest BCUT2D eigenvalue weighted by Crippen LogP contribution is 2.39. The zero-order valence-corrected chi connectivity index (χ0v) is 24.9. The summed E-state index contributed by atoms with van der Waals surface area (Å²) in [5, 5.41) is 30.2. The number of hydrogen-bond acceptors (Lipinski definition) is 8. The first-order chi connectivity index (χ1) is 21.0. The molecule has 0 spiro atoms. The number of aliphatic hydroxyl groups is 2. The lowest BCUT2D eigenvalue weighted by Crippen LogP contribution is -2.31. The van der Waals surface area contributed by atoms with E-state index in [9.17, 15) is 19.8 Å². The van der Waals surface area contributed by atoms with Crippen molar-refractivity contribution in [2.24, 2.45) is 0 Å². The van der Waals surface area contributed by atoms with Crippen LogP contribution in [0.1, 0.15) is 66.8 Å². The third-order valence-corrected chi connectivity index (χ3v) is 8.40. The van der Waals surface area contributed by atoms with Crippen LogP contribution in [0, 0.1) is 0 Å². The molecule has 1 heterocycles. The molecule has 0 aromatic heterocycles. The summed E-state index contributed by atoms with van der Waals surface area (Å²) in [4.78, 5) is 23.5. The first kappa shape index (κ1) is 32.7. The van der Waals surface area contributed by atoms with Gasteiger partial charge in [-0.05, 0) is 40.7 Å². The van der Waals surface area contributed by atoms with Crippen LogP contribution in [0.15, 0.2) is 72.8 Å². The molecule has 5 N–H and O–H groups in total. The average molecular weight is 609 g/mol. The van der Waals surface area contributed by atoms with Crippen LogP contribution in [0.2, 0.25) is 0 Å². The van der Waals surface area contributed by atoms with Gasteiger partial charge in [0.15, 0.2) is 6.29 Å². The second-order valence-electron chi connectivity index (χ2n) is 10.4. The van der Waals surface area contributed by atoms with Gasteiger partial charge in [0.2, 0.25) is 11.8 Å². The minimum atomic E-state index is -0.553. The largest absolute Gasteiger partial charge is 0.396 e. The van der Waals surface area contributed by atoms with E-state index < -0.39 is 12.2 Å². The van der Waals surface area contributed by atoms with Crippen molar-refractivity contribution in [2.45, 2.75) is 63.8 Å². The summed E-state index contributed by atoms with van der Waals surface area (Å²) in [5.74, 6) is 0.862. The fraction of sp³-hybridized carbons (Fsp3) is 0.394. The molecular weight excluding hydrogens is 568 g/mol. The Morgan fingerprint density at radius 1 is 0.860 bits per heavy atom. The van der Waals surface area contributed by atoms with Crippen LogP contribution in [-0.2, 0) is 32.2 Å². The molecule has 3 aromatic carbocycles. The lowest BCUT2D eigenvalue weighted by Gasteiger charge is -2.36. The number of hydrogen-bond donors (Lipinski definition) is 5. The van der Waals surface area contributed by atoms with E-state index in [0.717, 1.165) is 39.1 Å². The molecule has 2 amide bonds. The van der Waals surface area contributed by atoms with Gasteiger partial charge in [0.05, 0.1) is 25.4 Å². The van der Waals surface area contributed by atoms with Crippen LogP contribution < -0.4 is 10.8 Å². The molecule has 0 saturated carbocycles. The number of aliphatic hydroxyl groups excluding tert-OH is 2. The molecule has 1 aliphatic heterocycles. The normalized spacial score (nSPS) is 18.3. The second kappa shape index (κ2) is 17.1. The van der Waals surface area contributed by atoms with Gasteiger partial charge < -0.3 is 25.0 Å². The monoisotopic (exact) mass is 608 g/mol. The predicted molar refractivity (Wildman–Crippen MR) is 165 cm³/mol. The summed E-state index contributed by atoms with van der Waals surface area (Å²) in [7, 11) is 0. The molecule has 3 atom stereocenters. The van der Waals surface area contributed by atoms with Crippen molar-refractivity contribution in [2.75, 3.05) is 18.1 Å². The number of unbranched alkanes of at least 4 members (excludes halogenated alkanes) is 1. The van der Waals surface area contributed by atoms with Crippen LogP contribution in [0.25, 0.3) is 11.1 Å². The number of carbonyl (C=O) groups excluding carboxylic acids is 2. The maximum atomic E-state index is 12.4. The number of rotatable bonds is 15. The number of amides is 2. The van der Waals surface area contributed by atoms with Gasteiger partial charge in [0.25, 0.3) is 0 Å². The number of carbonyl (C=O) groups is 2. The summed E-state index contributed by atoms with van der Waals surface area (Å²) >= 11 is 1.66. The Morgan fingerprint density at radius 2 is 1.56 bits per heavy atom. The lowest BCUT2D eigenvalue weighted by atomic mass is 9.97.